The second-order valence-electron chi connectivity index (χ2n) is 7.28. The number of rotatable bonds is 6. The smallest absolute Gasteiger partial charge is 0.261 e. The number of hydrogen-bond donors (Lipinski definition) is 2. The Hall–Kier alpha value is -2.29. The van der Waals surface area contributed by atoms with Gasteiger partial charge >= 0.3 is 0 Å². The Kier molecular flexibility index (Phi) is 6.99. The molecule has 3 heterocycles. The molecule has 3 aromatic rings. The number of halogens is 1. The average Bonchev–Trinajstić information content (AvgIpc) is 3.46. The van der Waals surface area contributed by atoms with Crippen molar-refractivity contribution in [2.24, 2.45) is 0 Å². The number of nitrogens with zero attached hydrogens (tertiary/aromatic N) is 2. The normalized spacial score (nSPS) is 13.9. The molecule has 0 spiro atoms. The predicted molar refractivity (Wildman–Crippen MR) is 126 cm³/mol. The summed E-state index contributed by atoms with van der Waals surface area (Å²) in [7, 11) is 0. The Balaban J connectivity index is 1.46. The second-order valence-corrected chi connectivity index (χ2v) is 9.84. The number of likely N-dealkylation sites (tertiary alicyclic amines) is 1. The average molecular weight is 475 g/mol. The van der Waals surface area contributed by atoms with Crippen LogP contribution in [0.4, 0.5) is 0 Å². The molecular weight excluding hydrogens is 452 g/mol. The van der Waals surface area contributed by atoms with Gasteiger partial charge in [0.2, 0.25) is 0 Å². The maximum absolute atomic E-state index is 12.2. The molecular formula is C22H23ClN4O2S2. The molecule has 1 aliphatic heterocycles. The zero-order valence-electron chi connectivity index (χ0n) is 17.1. The minimum Gasteiger partial charge on any atom is -0.359 e. The van der Waals surface area contributed by atoms with Crippen LogP contribution in [0.15, 0.2) is 45.8 Å². The number of amides is 1. The highest BCUT2D eigenvalue weighted by molar-refractivity contribution is 7.98. The Bertz CT molecular complexity index is 1090. The highest BCUT2D eigenvalue weighted by atomic mass is 35.5. The van der Waals surface area contributed by atoms with Crippen LogP contribution in [0.3, 0.4) is 0 Å². The molecule has 9 heteroatoms. The molecule has 0 atom stereocenters. The molecule has 1 fully saturated rings. The predicted octanol–water partition coefficient (Wildman–Crippen LogP) is 5.52. The van der Waals surface area contributed by atoms with E-state index in [1.54, 1.807) is 23.9 Å². The van der Waals surface area contributed by atoms with Crippen molar-refractivity contribution in [2.75, 3.05) is 19.3 Å². The number of benzene rings is 1. The fourth-order valence-corrected chi connectivity index (χ4v) is 5.16. The number of carbonyl (C=O) groups is 1. The van der Waals surface area contributed by atoms with E-state index in [2.05, 4.69) is 15.4 Å². The maximum atomic E-state index is 12.2. The lowest BCUT2D eigenvalue weighted by atomic mass is 10.1. The molecule has 1 aliphatic rings. The van der Waals surface area contributed by atoms with Gasteiger partial charge in [-0.15, -0.1) is 23.1 Å². The van der Waals surface area contributed by atoms with Gasteiger partial charge in [-0.2, -0.15) is 0 Å². The number of hydrogen-bond acceptors (Lipinski definition) is 6. The van der Waals surface area contributed by atoms with E-state index in [1.807, 2.05) is 30.5 Å². The molecule has 2 aromatic heterocycles. The monoisotopic (exact) mass is 474 g/mol. The van der Waals surface area contributed by atoms with Gasteiger partial charge in [0.1, 0.15) is 11.5 Å². The van der Waals surface area contributed by atoms with E-state index in [1.165, 1.54) is 17.8 Å². The van der Waals surface area contributed by atoms with Gasteiger partial charge in [-0.1, -0.05) is 28.9 Å². The first-order valence-electron chi connectivity index (χ1n) is 10.1. The van der Waals surface area contributed by atoms with Gasteiger partial charge in [-0.3, -0.25) is 10.2 Å². The Morgan fingerprint density at radius 3 is 2.77 bits per heavy atom. The van der Waals surface area contributed by atoms with E-state index in [4.69, 9.17) is 21.5 Å². The Labute approximate surface area is 194 Å². The van der Waals surface area contributed by atoms with Crippen molar-refractivity contribution < 1.29 is 9.32 Å². The quantitative estimate of drug-likeness (QED) is 0.279. The number of carbonyl (C=O) groups excluding carboxylic acids is 1. The summed E-state index contributed by atoms with van der Waals surface area (Å²) in [6.45, 7) is 2.14. The van der Waals surface area contributed by atoms with Gasteiger partial charge < -0.3 is 14.7 Å². The summed E-state index contributed by atoms with van der Waals surface area (Å²) in [6, 6.07) is 11.3. The molecule has 2 N–H and O–H groups in total. The van der Waals surface area contributed by atoms with Crippen molar-refractivity contribution in [3.8, 4) is 11.3 Å². The van der Waals surface area contributed by atoms with Gasteiger partial charge in [0.05, 0.1) is 15.8 Å². The van der Waals surface area contributed by atoms with Crippen molar-refractivity contribution >= 4 is 46.4 Å². The van der Waals surface area contributed by atoms with E-state index in [0.29, 0.717) is 26.5 Å². The van der Waals surface area contributed by atoms with Gasteiger partial charge in [0, 0.05) is 35.2 Å². The SMILES string of the molecule is CSc1cc(C(=N)N2CCCCC2)ccc1-c1cc(CNC(=O)c2ccc(Cl)s2)on1. The minimum absolute atomic E-state index is 0.194. The van der Waals surface area contributed by atoms with E-state index >= 15 is 0 Å². The summed E-state index contributed by atoms with van der Waals surface area (Å²) < 4.78 is 6.01. The van der Waals surface area contributed by atoms with Crippen LogP contribution in [0.1, 0.15) is 40.3 Å². The van der Waals surface area contributed by atoms with Crippen LogP contribution in [0.5, 0.6) is 0 Å². The second kappa shape index (κ2) is 9.89. The van der Waals surface area contributed by atoms with Gasteiger partial charge in [0.25, 0.3) is 5.91 Å². The van der Waals surface area contributed by atoms with E-state index in [0.717, 1.165) is 42.0 Å². The zero-order valence-corrected chi connectivity index (χ0v) is 19.5. The topological polar surface area (TPSA) is 82.2 Å². The lowest BCUT2D eigenvalue weighted by Crippen LogP contribution is -2.35. The van der Waals surface area contributed by atoms with E-state index < -0.39 is 0 Å². The third kappa shape index (κ3) is 5.14. The van der Waals surface area contributed by atoms with Crippen molar-refractivity contribution in [2.45, 2.75) is 30.7 Å². The molecule has 162 valence electrons. The van der Waals surface area contributed by atoms with Crippen LogP contribution in [0.2, 0.25) is 4.34 Å². The number of thioether (sulfide) groups is 1. The molecule has 1 saturated heterocycles. The summed E-state index contributed by atoms with van der Waals surface area (Å²) in [6.07, 6.45) is 5.55. The molecule has 0 saturated carbocycles. The summed E-state index contributed by atoms with van der Waals surface area (Å²) >= 11 is 8.74. The van der Waals surface area contributed by atoms with Crippen molar-refractivity contribution in [3.05, 3.63) is 56.9 Å². The third-order valence-electron chi connectivity index (χ3n) is 5.20. The Morgan fingerprint density at radius 2 is 2.06 bits per heavy atom. The molecule has 0 aliphatic carbocycles. The van der Waals surface area contributed by atoms with E-state index in [-0.39, 0.29) is 12.5 Å². The molecule has 1 aromatic carbocycles. The fourth-order valence-electron chi connectivity index (χ4n) is 3.56. The molecule has 0 bridgehead atoms. The number of nitrogens with one attached hydrogen (secondary N) is 2. The maximum Gasteiger partial charge on any atom is 0.261 e. The van der Waals surface area contributed by atoms with Crippen molar-refractivity contribution in [1.29, 1.82) is 5.41 Å². The fraction of sp³-hybridized carbons (Fsp3) is 0.318. The van der Waals surface area contributed by atoms with Crippen LogP contribution < -0.4 is 5.32 Å². The molecule has 0 radical (unpaired) electrons. The van der Waals surface area contributed by atoms with Gasteiger partial charge in [-0.25, -0.2) is 0 Å². The van der Waals surface area contributed by atoms with Crippen molar-refractivity contribution in [1.82, 2.24) is 15.4 Å². The zero-order chi connectivity index (χ0) is 21.8. The molecule has 0 unspecified atom stereocenters. The van der Waals surface area contributed by atoms with Gasteiger partial charge in [0.15, 0.2) is 5.76 Å². The van der Waals surface area contributed by atoms with E-state index in [9.17, 15) is 4.79 Å². The number of piperidine rings is 1. The number of amidine groups is 1. The summed E-state index contributed by atoms with van der Waals surface area (Å²) in [5, 5.41) is 15.6. The van der Waals surface area contributed by atoms with Crippen LogP contribution >= 0.6 is 34.7 Å². The van der Waals surface area contributed by atoms with Crippen molar-refractivity contribution in [3.63, 3.8) is 0 Å². The van der Waals surface area contributed by atoms with Crippen LogP contribution in [-0.4, -0.2) is 41.1 Å². The summed E-state index contributed by atoms with van der Waals surface area (Å²) in [4.78, 5) is 15.9. The lowest BCUT2D eigenvalue weighted by Gasteiger charge is -2.29. The van der Waals surface area contributed by atoms with Crippen LogP contribution in [0, 0.1) is 5.41 Å². The first-order valence-corrected chi connectivity index (χ1v) is 12.5. The van der Waals surface area contributed by atoms with Gasteiger partial charge in [-0.05, 0) is 43.7 Å². The molecule has 1 amide bonds. The first-order chi connectivity index (χ1) is 15.0. The molecule has 6 nitrogen and oxygen atoms in total. The number of aromatic nitrogens is 1. The number of thiophene rings is 1. The highest BCUT2D eigenvalue weighted by Crippen LogP contribution is 2.31. The minimum atomic E-state index is -0.194. The summed E-state index contributed by atoms with van der Waals surface area (Å²) in [5.74, 6) is 0.960. The Morgan fingerprint density at radius 1 is 1.26 bits per heavy atom. The highest BCUT2D eigenvalue weighted by Gasteiger charge is 2.18. The van der Waals surface area contributed by atoms with Crippen LogP contribution in [-0.2, 0) is 6.54 Å². The molecule has 31 heavy (non-hydrogen) atoms. The lowest BCUT2D eigenvalue weighted by molar-refractivity contribution is 0.0951. The molecule has 4 rings (SSSR count). The third-order valence-corrected chi connectivity index (χ3v) is 7.21. The standard InChI is InChI=1S/C22H23ClN4O2S2/c1-30-19-11-14(21(24)27-9-3-2-4-10-27)5-6-16(19)17-12-15(29-26-17)13-25-22(28)18-7-8-20(23)31-18/h5-8,11-12,24H,2-4,9-10,13H2,1H3,(H,25,28). The largest absolute Gasteiger partial charge is 0.359 e. The summed E-state index contributed by atoms with van der Waals surface area (Å²) in [5.41, 5.74) is 2.58. The first kappa shape index (κ1) is 21.9. The van der Waals surface area contributed by atoms with Crippen LogP contribution in [0.25, 0.3) is 11.3 Å².